The number of nitriles is 1. The van der Waals surface area contributed by atoms with Gasteiger partial charge in [-0.15, -0.1) is 0 Å². The molecule has 7 nitrogen and oxygen atoms in total. The van der Waals surface area contributed by atoms with E-state index in [0.717, 1.165) is 55.1 Å². The first-order valence-electron chi connectivity index (χ1n) is 12.4. The molecule has 2 aromatic carbocycles. The summed E-state index contributed by atoms with van der Waals surface area (Å²) in [6, 6.07) is 23.7. The zero-order valence-corrected chi connectivity index (χ0v) is 20.6. The van der Waals surface area contributed by atoms with Gasteiger partial charge in [0.15, 0.2) is 0 Å². The maximum Gasteiger partial charge on any atom is 0.246 e. The minimum Gasteiger partial charge on any atom is -0.338 e. The number of amides is 1. The Morgan fingerprint density at radius 1 is 0.973 bits per heavy atom. The quantitative estimate of drug-likeness (QED) is 0.372. The molecule has 2 aromatic heterocycles. The molecule has 0 spiro atoms. The Bertz CT molecular complexity index is 1400. The van der Waals surface area contributed by atoms with Gasteiger partial charge in [0.1, 0.15) is 5.69 Å². The molecule has 1 fully saturated rings. The number of carbonyl (C=O) groups is 1. The van der Waals surface area contributed by atoms with Crippen molar-refractivity contribution in [2.24, 2.45) is 0 Å². The average molecular weight is 489 g/mol. The lowest BCUT2D eigenvalue weighted by Crippen LogP contribution is -2.34. The number of nitrogens with zero attached hydrogens (tertiary/aromatic N) is 6. The Hall–Kier alpha value is -4.54. The Kier molecular flexibility index (Phi) is 7.49. The number of rotatable bonds is 6. The van der Waals surface area contributed by atoms with Crippen LogP contribution >= 0.6 is 0 Å². The van der Waals surface area contributed by atoms with E-state index in [2.05, 4.69) is 16.0 Å². The van der Waals surface area contributed by atoms with E-state index in [1.165, 1.54) is 5.56 Å². The van der Waals surface area contributed by atoms with Gasteiger partial charge in [0.25, 0.3) is 0 Å². The Morgan fingerprint density at radius 2 is 1.81 bits per heavy atom. The van der Waals surface area contributed by atoms with Gasteiger partial charge in [-0.25, -0.2) is 4.68 Å². The molecule has 0 unspecified atom stereocenters. The third kappa shape index (κ3) is 6.00. The van der Waals surface area contributed by atoms with Crippen molar-refractivity contribution in [2.75, 3.05) is 26.2 Å². The number of benzene rings is 2. The largest absolute Gasteiger partial charge is 0.338 e. The zero-order chi connectivity index (χ0) is 25.5. The van der Waals surface area contributed by atoms with Gasteiger partial charge < -0.3 is 4.90 Å². The molecule has 0 radical (unpaired) electrons. The van der Waals surface area contributed by atoms with Gasteiger partial charge in [0, 0.05) is 68.5 Å². The summed E-state index contributed by atoms with van der Waals surface area (Å²) in [4.78, 5) is 21.7. The van der Waals surface area contributed by atoms with Gasteiger partial charge in [0.05, 0.1) is 17.3 Å². The highest BCUT2D eigenvalue weighted by atomic mass is 16.2. The molecular formula is C30H28N6O. The second kappa shape index (κ2) is 11.5. The van der Waals surface area contributed by atoms with Gasteiger partial charge >= 0.3 is 0 Å². The molecule has 1 aliphatic heterocycles. The van der Waals surface area contributed by atoms with Crippen molar-refractivity contribution < 1.29 is 4.79 Å². The predicted octanol–water partition coefficient (Wildman–Crippen LogP) is 4.55. The molecule has 37 heavy (non-hydrogen) atoms. The lowest BCUT2D eigenvalue weighted by Gasteiger charge is -2.21. The Morgan fingerprint density at radius 3 is 2.57 bits per heavy atom. The summed E-state index contributed by atoms with van der Waals surface area (Å²) in [5.41, 5.74) is 5.35. The van der Waals surface area contributed by atoms with Crippen molar-refractivity contribution in [3.05, 3.63) is 108 Å². The van der Waals surface area contributed by atoms with Crippen LogP contribution in [0.1, 0.15) is 23.1 Å². The molecule has 0 saturated carbocycles. The second-order valence-corrected chi connectivity index (χ2v) is 9.05. The number of aromatic nitrogens is 3. The van der Waals surface area contributed by atoms with Gasteiger partial charge in [-0.05, 0) is 54.5 Å². The second-order valence-electron chi connectivity index (χ2n) is 9.05. The predicted molar refractivity (Wildman–Crippen MR) is 143 cm³/mol. The molecule has 7 heteroatoms. The van der Waals surface area contributed by atoms with E-state index < -0.39 is 0 Å². The highest BCUT2D eigenvalue weighted by Crippen LogP contribution is 2.24. The summed E-state index contributed by atoms with van der Waals surface area (Å²) in [6.45, 7) is 3.97. The molecule has 1 amide bonds. The van der Waals surface area contributed by atoms with Crippen LogP contribution in [-0.2, 0) is 11.3 Å². The molecule has 1 aliphatic rings. The number of pyridine rings is 1. The average Bonchev–Trinajstić information content (AvgIpc) is 3.25. The van der Waals surface area contributed by atoms with E-state index in [1.54, 1.807) is 18.5 Å². The summed E-state index contributed by atoms with van der Waals surface area (Å²) in [6.07, 6.45) is 9.90. The Labute approximate surface area is 216 Å². The van der Waals surface area contributed by atoms with Crippen LogP contribution in [0.2, 0.25) is 0 Å². The molecule has 3 heterocycles. The highest BCUT2D eigenvalue weighted by molar-refractivity contribution is 5.93. The van der Waals surface area contributed by atoms with Crippen LogP contribution in [0.25, 0.3) is 23.0 Å². The lowest BCUT2D eigenvalue weighted by atomic mass is 10.1. The van der Waals surface area contributed by atoms with Crippen LogP contribution in [0, 0.1) is 11.3 Å². The number of carbonyl (C=O) groups excluding carboxylic acids is 1. The van der Waals surface area contributed by atoms with Crippen LogP contribution in [0.5, 0.6) is 0 Å². The molecule has 0 bridgehead atoms. The zero-order valence-electron chi connectivity index (χ0n) is 20.6. The van der Waals surface area contributed by atoms with Crippen LogP contribution in [0.3, 0.4) is 0 Å². The van der Waals surface area contributed by atoms with Crippen molar-refractivity contribution in [1.29, 1.82) is 5.26 Å². The molecule has 184 valence electrons. The fraction of sp³-hybridized carbons (Fsp3) is 0.200. The summed E-state index contributed by atoms with van der Waals surface area (Å²) in [5, 5.41) is 13.8. The lowest BCUT2D eigenvalue weighted by molar-refractivity contribution is -0.125. The number of hydrogen-bond donors (Lipinski definition) is 0. The van der Waals surface area contributed by atoms with E-state index >= 15 is 0 Å². The summed E-state index contributed by atoms with van der Waals surface area (Å²) in [5.74, 6) is 0.00446. The van der Waals surface area contributed by atoms with Crippen molar-refractivity contribution in [1.82, 2.24) is 24.6 Å². The van der Waals surface area contributed by atoms with E-state index in [1.807, 2.05) is 88.6 Å². The van der Waals surface area contributed by atoms with Crippen molar-refractivity contribution >= 4 is 12.0 Å². The van der Waals surface area contributed by atoms with E-state index in [0.29, 0.717) is 12.1 Å². The molecule has 0 aliphatic carbocycles. The summed E-state index contributed by atoms with van der Waals surface area (Å²) in [7, 11) is 0. The van der Waals surface area contributed by atoms with Crippen LogP contribution in [0.4, 0.5) is 0 Å². The molecule has 4 aromatic rings. The first-order valence-corrected chi connectivity index (χ1v) is 12.4. The first-order chi connectivity index (χ1) is 18.2. The maximum atomic E-state index is 13.1. The fourth-order valence-electron chi connectivity index (χ4n) is 4.51. The minimum atomic E-state index is 0.00446. The van der Waals surface area contributed by atoms with Crippen molar-refractivity contribution in [3.8, 4) is 23.0 Å². The maximum absolute atomic E-state index is 13.1. The van der Waals surface area contributed by atoms with Crippen LogP contribution in [-0.4, -0.2) is 56.7 Å². The van der Waals surface area contributed by atoms with Gasteiger partial charge in [-0.3, -0.25) is 14.7 Å². The fourth-order valence-corrected chi connectivity index (χ4v) is 4.51. The van der Waals surface area contributed by atoms with Gasteiger partial charge in [-0.1, -0.05) is 30.3 Å². The normalized spacial score (nSPS) is 14.4. The van der Waals surface area contributed by atoms with Crippen molar-refractivity contribution in [3.63, 3.8) is 0 Å². The van der Waals surface area contributed by atoms with E-state index in [9.17, 15) is 4.79 Å². The molecular weight excluding hydrogens is 460 g/mol. The number of hydrogen-bond acceptors (Lipinski definition) is 5. The minimum absolute atomic E-state index is 0.00446. The van der Waals surface area contributed by atoms with Crippen LogP contribution in [0.15, 0.2) is 91.4 Å². The van der Waals surface area contributed by atoms with Crippen LogP contribution < -0.4 is 0 Å². The van der Waals surface area contributed by atoms with E-state index in [4.69, 9.17) is 10.4 Å². The third-order valence-corrected chi connectivity index (χ3v) is 6.49. The SMILES string of the molecule is N#Cc1ccc(CN2CCCN(C(=O)/C=C/c3cn(-c4ccccc4)nc3-c3cccnc3)CC2)cc1. The van der Waals surface area contributed by atoms with Gasteiger partial charge in [-0.2, -0.15) is 10.4 Å². The molecule has 0 atom stereocenters. The highest BCUT2D eigenvalue weighted by Gasteiger charge is 2.18. The van der Waals surface area contributed by atoms with Gasteiger partial charge in [0.2, 0.25) is 5.91 Å². The first kappa shape index (κ1) is 24.2. The molecule has 0 N–H and O–H groups in total. The standard InChI is InChI=1S/C30H28N6O/c31-20-24-9-11-25(12-10-24)22-34-16-5-17-35(19-18-34)29(37)14-13-27-23-36(28-7-2-1-3-8-28)33-30(27)26-6-4-15-32-21-26/h1-4,6-15,21,23H,5,16-19,22H2/b14-13+. The smallest absolute Gasteiger partial charge is 0.246 e. The Balaban J connectivity index is 1.28. The summed E-state index contributed by atoms with van der Waals surface area (Å²) < 4.78 is 1.83. The summed E-state index contributed by atoms with van der Waals surface area (Å²) >= 11 is 0. The van der Waals surface area contributed by atoms with Crippen molar-refractivity contribution in [2.45, 2.75) is 13.0 Å². The monoisotopic (exact) mass is 488 g/mol. The third-order valence-electron chi connectivity index (χ3n) is 6.49. The number of para-hydroxylation sites is 1. The van der Waals surface area contributed by atoms with E-state index in [-0.39, 0.29) is 5.91 Å². The topological polar surface area (TPSA) is 78.0 Å². The molecule has 1 saturated heterocycles. The molecule has 5 rings (SSSR count).